The molecule has 2 unspecified atom stereocenters. The van der Waals surface area contributed by atoms with Gasteiger partial charge < -0.3 is 9.47 Å². The van der Waals surface area contributed by atoms with Crippen molar-refractivity contribution in [3.05, 3.63) is 0 Å². The minimum atomic E-state index is -1.57. The van der Waals surface area contributed by atoms with Crippen LogP contribution < -0.4 is 4.94 Å². The number of thiol groups is 1. The van der Waals surface area contributed by atoms with E-state index in [1.165, 1.54) is 19.2 Å². The van der Waals surface area contributed by atoms with Crippen LogP contribution in [0.1, 0.15) is 0 Å². The smallest absolute Gasteiger partial charge is 0.207 e. The summed E-state index contributed by atoms with van der Waals surface area (Å²) in [5.41, 5.74) is 0. The molecule has 0 aliphatic carbocycles. The number of methoxy groups -OCH3 is 2. The van der Waals surface area contributed by atoms with Crippen LogP contribution in [-0.2, 0) is 9.47 Å². The lowest BCUT2D eigenvalue weighted by Gasteiger charge is -2.20. The highest BCUT2D eigenvalue weighted by atomic mass is 32.2. The van der Waals surface area contributed by atoms with Gasteiger partial charge in [-0.1, -0.05) is 0 Å². The van der Waals surface area contributed by atoms with Crippen LogP contribution >= 0.6 is 11.1 Å². The number of hydrogen-bond acceptors (Lipinski definition) is 3. The zero-order chi connectivity index (χ0) is 10.3. The molecule has 0 saturated heterocycles. The van der Waals surface area contributed by atoms with Crippen LogP contribution in [0.2, 0.25) is 0 Å². The molecule has 0 amide bonds. The predicted molar refractivity (Wildman–Crippen MR) is 46.8 cm³/mol. The van der Waals surface area contributed by atoms with Gasteiger partial charge in [0, 0.05) is 25.7 Å². The van der Waals surface area contributed by atoms with Crippen LogP contribution in [-0.4, -0.2) is 38.4 Å². The van der Waals surface area contributed by atoms with Crippen LogP contribution in [0.5, 0.6) is 0 Å². The van der Waals surface area contributed by atoms with Gasteiger partial charge in [0.2, 0.25) is 12.7 Å². The van der Waals surface area contributed by atoms with E-state index in [0.717, 1.165) is 0 Å². The Morgan fingerprint density at radius 3 is 1.77 bits per heavy atom. The van der Waals surface area contributed by atoms with Gasteiger partial charge in [-0.25, -0.2) is 8.78 Å². The second kappa shape index (κ2) is 7.43. The molecule has 0 heterocycles. The van der Waals surface area contributed by atoms with Crippen molar-refractivity contribution in [2.75, 3.05) is 25.7 Å². The number of rotatable bonds is 7. The van der Waals surface area contributed by atoms with Crippen molar-refractivity contribution in [2.45, 2.75) is 12.7 Å². The predicted octanol–water partition coefficient (Wildman–Crippen LogP) is 1.26. The molecule has 0 saturated carbocycles. The molecular weight excluding hydrogens is 207 g/mol. The molecule has 0 aromatic carbocycles. The summed E-state index contributed by atoms with van der Waals surface area (Å²) in [6.45, 7) is 0. The Kier molecular flexibility index (Phi) is 7.44. The van der Waals surface area contributed by atoms with Gasteiger partial charge in [-0.3, -0.25) is 0 Å². The average molecular weight is 221 g/mol. The van der Waals surface area contributed by atoms with Crippen molar-refractivity contribution in [3.8, 4) is 0 Å². The number of alkyl halides is 2. The summed E-state index contributed by atoms with van der Waals surface area (Å²) in [6, 6.07) is 0. The second-order valence-corrected chi connectivity index (χ2v) is 4.26. The lowest BCUT2D eigenvalue weighted by atomic mass is 10.8. The number of nitrogens with one attached hydrogen (secondary N) is 1. The quantitative estimate of drug-likeness (QED) is 0.501. The Hall–Kier alpha value is 0.0200. The number of hydrogen-bond donors (Lipinski definition) is 2. The van der Waals surface area contributed by atoms with E-state index >= 15 is 0 Å². The molecular formula is C6H14F3NO2S. The summed E-state index contributed by atoms with van der Waals surface area (Å²) >= 11 is -1.57. The summed E-state index contributed by atoms with van der Waals surface area (Å²) in [5.74, 6) is -0.377. The first-order valence-electron chi connectivity index (χ1n) is 3.59. The highest BCUT2D eigenvalue weighted by Crippen LogP contribution is 2.24. The monoisotopic (exact) mass is 221 g/mol. The van der Waals surface area contributed by atoms with Gasteiger partial charge in [-0.05, 0) is 0 Å². The fraction of sp³-hybridized carbons (Fsp3) is 1.00. The average Bonchev–Trinajstić information content (AvgIpc) is 2.16. The van der Waals surface area contributed by atoms with Gasteiger partial charge >= 0.3 is 0 Å². The molecule has 0 rings (SSSR count). The lowest BCUT2D eigenvalue weighted by molar-refractivity contribution is 0.00991. The van der Waals surface area contributed by atoms with E-state index < -0.39 is 23.8 Å². The van der Waals surface area contributed by atoms with Crippen LogP contribution in [0.3, 0.4) is 0 Å². The Balaban J connectivity index is 3.74. The molecule has 0 bridgehead atoms. The van der Waals surface area contributed by atoms with Crippen molar-refractivity contribution in [3.63, 3.8) is 0 Å². The minimum Gasteiger partial charge on any atom is -0.351 e. The van der Waals surface area contributed by atoms with Gasteiger partial charge in [-0.15, -0.1) is 9.43 Å². The van der Waals surface area contributed by atoms with Gasteiger partial charge in [0.05, 0.1) is 0 Å². The van der Waals surface area contributed by atoms with Gasteiger partial charge in [0.15, 0.2) is 0 Å². The highest BCUT2D eigenvalue weighted by molar-refractivity contribution is 8.15. The summed E-state index contributed by atoms with van der Waals surface area (Å²) < 4.78 is 45.6. The summed E-state index contributed by atoms with van der Waals surface area (Å²) in [4.78, 5) is 1.36. The maximum atomic E-state index is 12.5. The molecule has 82 valence electrons. The second-order valence-electron chi connectivity index (χ2n) is 2.28. The first-order chi connectivity index (χ1) is 6.13. The molecule has 0 aliphatic heterocycles. The van der Waals surface area contributed by atoms with E-state index in [2.05, 4.69) is 9.47 Å². The molecule has 13 heavy (non-hydrogen) atoms. The molecule has 0 radical (unpaired) electrons. The van der Waals surface area contributed by atoms with E-state index in [1.54, 1.807) is 0 Å². The summed E-state index contributed by atoms with van der Waals surface area (Å²) in [7, 11) is 2.33. The zero-order valence-corrected chi connectivity index (χ0v) is 8.36. The molecule has 0 spiro atoms. The number of ether oxygens (including phenoxy) is 2. The fourth-order valence-corrected chi connectivity index (χ4v) is 1.92. The SMILES string of the molecule is COC(F)C[SH](CC(F)OC)NF. The third-order valence-corrected chi connectivity index (χ3v) is 3.05. The fourth-order valence-electron chi connectivity index (χ4n) is 0.639. The standard InChI is InChI=1S/C6H14F3NO2S/c1-11-5(7)3-13(10-9)4-6(8)12-2/h5-6,10,13H,3-4H2,1-2H3. The van der Waals surface area contributed by atoms with Crippen LogP contribution in [0.25, 0.3) is 0 Å². The van der Waals surface area contributed by atoms with Crippen LogP contribution in [0, 0.1) is 0 Å². The van der Waals surface area contributed by atoms with E-state index in [-0.39, 0.29) is 11.5 Å². The Morgan fingerprint density at radius 2 is 1.54 bits per heavy atom. The molecule has 1 N–H and O–H groups in total. The molecule has 3 nitrogen and oxygen atoms in total. The maximum absolute atomic E-state index is 12.5. The Bertz CT molecular complexity index is 120. The van der Waals surface area contributed by atoms with Crippen molar-refractivity contribution in [1.29, 1.82) is 0 Å². The number of halogens is 3. The highest BCUT2D eigenvalue weighted by Gasteiger charge is 2.16. The molecule has 0 aliphatic rings. The zero-order valence-electron chi connectivity index (χ0n) is 7.47. The molecule has 0 aromatic rings. The van der Waals surface area contributed by atoms with Crippen LogP contribution in [0.4, 0.5) is 13.3 Å². The first kappa shape index (κ1) is 13.0. The largest absolute Gasteiger partial charge is 0.351 e. The lowest BCUT2D eigenvalue weighted by Crippen LogP contribution is -2.21. The van der Waals surface area contributed by atoms with Crippen molar-refractivity contribution < 1.29 is 22.7 Å². The van der Waals surface area contributed by atoms with Crippen LogP contribution in [0.15, 0.2) is 0 Å². The normalized spacial score (nSPS) is 19.6. The molecule has 0 aromatic heterocycles. The third-order valence-electron chi connectivity index (χ3n) is 1.36. The summed E-state index contributed by atoms with van der Waals surface area (Å²) in [6.07, 6.45) is -3.14. The topological polar surface area (TPSA) is 30.5 Å². The Morgan fingerprint density at radius 1 is 1.15 bits per heavy atom. The van der Waals surface area contributed by atoms with Crippen molar-refractivity contribution >= 4 is 11.1 Å². The molecule has 2 atom stereocenters. The van der Waals surface area contributed by atoms with Crippen molar-refractivity contribution in [2.24, 2.45) is 0 Å². The van der Waals surface area contributed by atoms with E-state index in [1.807, 2.05) is 0 Å². The first-order valence-corrected chi connectivity index (χ1v) is 5.30. The molecule has 0 fully saturated rings. The minimum absolute atomic E-state index is 0.188. The van der Waals surface area contributed by atoms with Gasteiger partial charge in [0.25, 0.3) is 0 Å². The van der Waals surface area contributed by atoms with Gasteiger partial charge in [-0.2, -0.15) is 11.1 Å². The van der Waals surface area contributed by atoms with Gasteiger partial charge in [0.1, 0.15) is 0 Å². The third kappa shape index (κ3) is 6.14. The maximum Gasteiger partial charge on any atom is 0.207 e. The molecule has 7 heteroatoms. The van der Waals surface area contributed by atoms with E-state index in [0.29, 0.717) is 0 Å². The Labute approximate surface area is 78.0 Å². The van der Waals surface area contributed by atoms with Crippen molar-refractivity contribution in [1.82, 2.24) is 4.94 Å². The van der Waals surface area contributed by atoms with E-state index in [9.17, 15) is 13.3 Å². The summed E-state index contributed by atoms with van der Waals surface area (Å²) in [5, 5.41) is 0. The van der Waals surface area contributed by atoms with E-state index in [4.69, 9.17) is 0 Å².